The van der Waals surface area contributed by atoms with E-state index in [-0.39, 0.29) is 0 Å². The van der Waals surface area contributed by atoms with E-state index in [0.717, 1.165) is 36.9 Å². The topological polar surface area (TPSA) is 70.6 Å². The van der Waals surface area contributed by atoms with Crippen molar-refractivity contribution in [2.75, 3.05) is 6.54 Å². The number of hydrogen-bond acceptors (Lipinski definition) is 5. The van der Waals surface area contributed by atoms with Crippen molar-refractivity contribution < 1.29 is 0 Å². The lowest BCUT2D eigenvalue weighted by atomic mass is 10.2. The molecule has 0 aliphatic carbocycles. The van der Waals surface area contributed by atoms with Crippen molar-refractivity contribution >= 4 is 0 Å². The van der Waals surface area contributed by atoms with Gasteiger partial charge in [-0.15, -0.1) is 0 Å². The van der Waals surface area contributed by atoms with Crippen LogP contribution in [0.2, 0.25) is 0 Å². The summed E-state index contributed by atoms with van der Waals surface area (Å²) in [5.41, 5.74) is 1.01. The minimum absolute atomic E-state index is 0.316. The van der Waals surface area contributed by atoms with Crippen LogP contribution in [0.15, 0.2) is 18.6 Å². The molecule has 18 heavy (non-hydrogen) atoms. The Balaban J connectivity index is 1.76. The van der Waals surface area contributed by atoms with E-state index in [0.29, 0.717) is 6.04 Å². The fourth-order valence-corrected chi connectivity index (χ4v) is 2.46. The van der Waals surface area contributed by atoms with Crippen LogP contribution in [0.1, 0.15) is 36.2 Å². The highest BCUT2D eigenvalue weighted by molar-refractivity contribution is 5.02. The molecule has 3 heterocycles. The maximum absolute atomic E-state index is 4.45. The number of H-pyrrole nitrogens is 1. The van der Waals surface area contributed by atoms with Gasteiger partial charge in [0.1, 0.15) is 18.0 Å². The van der Waals surface area contributed by atoms with E-state index >= 15 is 0 Å². The highest BCUT2D eigenvalue weighted by atomic mass is 15.3. The molecular weight excluding hydrogens is 228 g/mol. The molecule has 1 aliphatic rings. The average Bonchev–Trinajstić information content (AvgIpc) is 2.98. The Labute approximate surface area is 105 Å². The van der Waals surface area contributed by atoms with Crippen LogP contribution in [0, 0.1) is 6.92 Å². The van der Waals surface area contributed by atoms with Crippen molar-refractivity contribution in [1.29, 1.82) is 0 Å². The number of nitrogens with one attached hydrogen (secondary N) is 1. The molecule has 0 unspecified atom stereocenters. The molecule has 0 aromatic carbocycles. The van der Waals surface area contributed by atoms with Gasteiger partial charge in [0, 0.05) is 11.9 Å². The molecule has 1 fully saturated rings. The smallest absolute Gasteiger partial charge is 0.142 e. The third-order valence-corrected chi connectivity index (χ3v) is 3.30. The summed E-state index contributed by atoms with van der Waals surface area (Å²) in [6.07, 6.45) is 5.67. The van der Waals surface area contributed by atoms with Gasteiger partial charge in [0.15, 0.2) is 0 Å². The Hall–Kier alpha value is -1.82. The number of aryl methyl sites for hydroxylation is 1. The highest BCUT2D eigenvalue weighted by Crippen LogP contribution is 2.30. The van der Waals surface area contributed by atoms with Gasteiger partial charge in [0.05, 0.1) is 12.6 Å². The SMILES string of the molecule is Cc1ccnc(CN2CCC[C@H]2c2ncn[nH]2)n1. The van der Waals surface area contributed by atoms with E-state index in [1.54, 1.807) is 6.33 Å². The van der Waals surface area contributed by atoms with Gasteiger partial charge in [0.2, 0.25) is 0 Å². The van der Waals surface area contributed by atoms with Crippen molar-refractivity contribution in [1.82, 2.24) is 30.0 Å². The summed E-state index contributed by atoms with van der Waals surface area (Å²) in [6.45, 7) is 3.82. The van der Waals surface area contributed by atoms with Crippen LogP contribution in [-0.4, -0.2) is 36.6 Å². The predicted octanol–water partition coefficient (Wildman–Crippen LogP) is 1.24. The zero-order valence-electron chi connectivity index (χ0n) is 10.4. The van der Waals surface area contributed by atoms with E-state index in [1.807, 2.05) is 19.2 Å². The third kappa shape index (κ3) is 2.24. The van der Waals surface area contributed by atoms with Crippen molar-refractivity contribution in [2.45, 2.75) is 32.4 Å². The summed E-state index contributed by atoms with van der Waals surface area (Å²) >= 11 is 0. The second-order valence-corrected chi connectivity index (χ2v) is 4.61. The Kier molecular flexibility index (Phi) is 3.02. The molecule has 94 valence electrons. The van der Waals surface area contributed by atoms with Crippen molar-refractivity contribution in [3.63, 3.8) is 0 Å². The summed E-state index contributed by atoms with van der Waals surface area (Å²) in [5.74, 6) is 1.82. The van der Waals surface area contributed by atoms with Gasteiger partial charge in [-0.1, -0.05) is 0 Å². The molecule has 1 aliphatic heterocycles. The summed E-state index contributed by atoms with van der Waals surface area (Å²) in [4.78, 5) is 15.4. The maximum atomic E-state index is 4.45. The second-order valence-electron chi connectivity index (χ2n) is 4.61. The molecule has 0 bridgehead atoms. The third-order valence-electron chi connectivity index (χ3n) is 3.30. The minimum atomic E-state index is 0.316. The molecular formula is C12H16N6. The molecule has 2 aromatic heterocycles. The quantitative estimate of drug-likeness (QED) is 0.879. The standard InChI is InChI=1S/C12H16N6/c1-9-4-5-13-11(16-9)7-18-6-2-3-10(18)12-14-8-15-17-12/h4-5,8,10H,2-3,6-7H2,1H3,(H,14,15,17)/t10-/m0/s1. The van der Waals surface area contributed by atoms with Crippen molar-refractivity contribution in [2.24, 2.45) is 0 Å². The largest absolute Gasteiger partial charge is 0.286 e. The van der Waals surface area contributed by atoms with Crippen LogP contribution in [0.25, 0.3) is 0 Å². The van der Waals surface area contributed by atoms with Gasteiger partial charge >= 0.3 is 0 Å². The van der Waals surface area contributed by atoms with Gasteiger partial charge in [-0.2, -0.15) is 5.10 Å². The van der Waals surface area contributed by atoms with Crippen LogP contribution in [-0.2, 0) is 6.54 Å². The molecule has 0 radical (unpaired) electrons. The van der Waals surface area contributed by atoms with Crippen LogP contribution < -0.4 is 0 Å². The first-order valence-electron chi connectivity index (χ1n) is 6.21. The lowest BCUT2D eigenvalue weighted by Gasteiger charge is -2.21. The Morgan fingerprint density at radius 3 is 3.17 bits per heavy atom. The normalized spacial score (nSPS) is 20.4. The van der Waals surface area contributed by atoms with Crippen LogP contribution in [0.3, 0.4) is 0 Å². The summed E-state index contributed by atoms with van der Waals surface area (Å²) in [7, 11) is 0. The molecule has 0 saturated carbocycles. The summed E-state index contributed by atoms with van der Waals surface area (Å²) < 4.78 is 0. The molecule has 0 amide bonds. The average molecular weight is 244 g/mol. The number of rotatable bonds is 3. The Morgan fingerprint density at radius 1 is 1.44 bits per heavy atom. The van der Waals surface area contributed by atoms with Crippen LogP contribution >= 0.6 is 0 Å². The first-order chi connectivity index (χ1) is 8.83. The van der Waals surface area contributed by atoms with Gasteiger partial charge in [0.25, 0.3) is 0 Å². The predicted molar refractivity (Wildman–Crippen MR) is 65.5 cm³/mol. The first kappa shape index (κ1) is 11.3. The zero-order valence-corrected chi connectivity index (χ0v) is 10.4. The van der Waals surface area contributed by atoms with E-state index in [9.17, 15) is 0 Å². The summed E-state index contributed by atoms with van der Waals surface area (Å²) in [6, 6.07) is 2.23. The molecule has 1 saturated heterocycles. The first-order valence-corrected chi connectivity index (χ1v) is 6.21. The number of aromatic nitrogens is 5. The summed E-state index contributed by atoms with van der Waals surface area (Å²) in [5, 5.41) is 6.89. The molecule has 3 rings (SSSR count). The van der Waals surface area contributed by atoms with Crippen molar-refractivity contribution in [3.8, 4) is 0 Å². The Morgan fingerprint density at radius 2 is 2.39 bits per heavy atom. The molecule has 1 N–H and O–H groups in total. The van der Waals surface area contributed by atoms with E-state index in [1.165, 1.54) is 6.42 Å². The second kappa shape index (κ2) is 4.81. The molecule has 6 heteroatoms. The van der Waals surface area contributed by atoms with E-state index in [2.05, 4.69) is 30.0 Å². The van der Waals surface area contributed by atoms with Crippen LogP contribution in [0.5, 0.6) is 0 Å². The van der Waals surface area contributed by atoms with Gasteiger partial charge < -0.3 is 0 Å². The van der Waals surface area contributed by atoms with E-state index < -0.39 is 0 Å². The van der Waals surface area contributed by atoms with Gasteiger partial charge in [-0.3, -0.25) is 10.00 Å². The number of aromatic amines is 1. The van der Waals surface area contributed by atoms with E-state index in [4.69, 9.17) is 0 Å². The Bertz CT molecular complexity index is 509. The number of likely N-dealkylation sites (tertiary alicyclic amines) is 1. The minimum Gasteiger partial charge on any atom is -0.286 e. The molecule has 1 atom stereocenters. The fourth-order valence-electron chi connectivity index (χ4n) is 2.46. The zero-order chi connectivity index (χ0) is 12.4. The van der Waals surface area contributed by atoms with Crippen molar-refractivity contribution in [3.05, 3.63) is 35.9 Å². The lowest BCUT2D eigenvalue weighted by molar-refractivity contribution is 0.234. The monoisotopic (exact) mass is 244 g/mol. The molecule has 6 nitrogen and oxygen atoms in total. The maximum Gasteiger partial charge on any atom is 0.142 e. The molecule has 0 spiro atoms. The van der Waals surface area contributed by atoms with Crippen LogP contribution in [0.4, 0.5) is 0 Å². The number of hydrogen-bond donors (Lipinski definition) is 1. The van der Waals surface area contributed by atoms with Gasteiger partial charge in [-0.05, 0) is 32.4 Å². The fraction of sp³-hybridized carbons (Fsp3) is 0.500. The lowest BCUT2D eigenvalue weighted by Crippen LogP contribution is -2.24. The highest BCUT2D eigenvalue weighted by Gasteiger charge is 2.28. The number of nitrogens with zero attached hydrogens (tertiary/aromatic N) is 5. The molecule has 2 aromatic rings. The van der Waals surface area contributed by atoms with Gasteiger partial charge in [-0.25, -0.2) is 15.0 Å².